The summed E-state index contributed by atoms with van der Waals surface area (Å²) in [7, 11) is 0. The Balaban J connectivity index is 0.697. The predicted molar refractivity (Wildman–Crippen MR) is 568 cm³/mol. The molecule has 29 rings (SSSR count). The lowest BCUT2D eigenvalue weighted by Gasteiger charge is -2.18. The van der Waals surface area contributed by atoms with E-state index in [1.54, 1.807) is 0 Å². The Kier molecular flexibility index (Phi) is 16.5. The van der Waals surface area contributed by atoms with Crippen molar-refractivity contribution < 1.29 is 0 Å². The summed E-state index contributed by atoms with van der Waals surface area (Å²) in [6, 6.07) is 175. The van der Waals surface area contributed by atoms with E-state index in [2.05, 4.69) is 501 Å². The van der Waals surface area contributed by atoms with Crippen LogP contribution in [0, 0.1) is 0 Å². The van der Waals surface area contributed by atoms with E-state index < -0.39 is 0 Å². The molecule has 0 saturated heterocycles. The van der Waals surface area contributed by atoms with Crippen LogP contribution in [-0.4, -0.2) is 37.4 Å². The van der Waals surface area contributed by atoms with E-state index in [-0.39, 0.29) is 0 Å². The number of benzene rings is 21. The minimum Gasteiger partial charge on any atom is -0.309 e. The van der Waals surface area contributed by atoms with Crippen molar-refractivity contribution in [1.82, 2.24) is 37.4 Å². The number of nitrogens with zero attached hydrogens (tertiary/aromatic N) is 8. The topological polar surface area (TPSA) is 55.4 Å². The Morgan fingerprint density at radius 2 is 0.382 bits per heavy atom. The van der Waals surface area contributed by atoms with Crippen LogP contribution in [0.4, 0.5) is 0 Å². The maximum Gasteiger partial charge on any atom is 0.160 e. The maximum atomic E-state index is 6.12. The number of hydrogen-bond acceptors (Lipinski definition) is 2. The van der Waals surface area contributed by atoms with Crippen LogP contribution in [0.15, 0.2) is 473 Å². The smallest absolute Gasteiger partial charge is 0.160 e. The van der Waals surface area contributed by atoms with Crippen molar-refractivity contribution in [2.24, 2.45) is 0 Å². The van der Waals surface area contributed by atoms with Crippen molar-refractivity contribution in [1.29, 1.82) is 0 Å². The first-order valence-corrected chi connectivity index (χ1v) is 46.7. The summed E-state index contributed by atoms with van der Waals surface area (Å²) in [5.41, 5.74) is 38.1. The van der Waals surface area contributed by atoms with Gasteiger partial charge in [0.25, 0.3) is 0 Å². The van der Waals surface area contributed by atoms with E-state index in [1.807, 2.05) is 0 Å². The summed E-state index contributed by atoms with van der Waals surface area (Å²) in [5, 5.41) is 16.5. The summed E-state index contributed by atoms with van der Waals surface area (Å²) in [6.45, 7) is 0. The van der Waals surface area contributed by atoms with Crippen LogP contribution in [0.3, 0.4) is 0 Å². The van der Waals surface area contributed by atoms with Crippen molar-refractivity contribution in [2.75, 3.05) is 0 Å². The van der Waals surface area contributed by atoms with E-state index in [9.17, 15) is 0 Å². The summed E-state index contributed by atoms with van der Waals surface area (Å²) in [5.74, 6) is 0.612. The Morgan fingerprint density at radius 3 is 0.706 bits per heavy atom. The number of rotatable bonds is 13. The molecule has 1 aliphatic rings. The molecule has 28 aromatic rings. The average Bonchev–Trinajstić information content (AvgIpc) is 1.55. The maximum absolute atomic E-state index is 6.12. The van der Waals surface area contributed by atoms with Gasteiger partial charge in [0.2, 0.25) is 0 Å². The van der Waals surface area contributed by atoms with E-state index >= 15 is 0 Å². The van der Waals surface area contributed by atoms with Gasteiger partial charge in [-0.1, -0.05) is 285 Å². The Bertz CT molecular complexity index is 9030. The molecule has 7 heterocycles. The predicted octanol–water partition coefficient (Wildman–Crippen LogP) is 33.5. The van der Waals surface area contributed by atoms with Gasteiger partial charge in [0, 0.05) is 121 Å². The van der Waals surface area contributed by atoms with Crippen LogP contribution in [0.5, 0.6) is 0 Å². The highest BCUT2D eigenvalue weighted by Crippen LogP contribution is 2.54. The third-order valence-corrected chi connectivity index (χ3v) is 28.9. The lowest BCUT2D eigenvalue weighted by molar-refractivity contribution is 1.12. The van der Waals surface area contributed by atoms with Gasteiger partial charge in [0.05, 0.1) is 77.6 Å². The molecular formula is C128H78N8. The van der Waals surface area contributed by atoms with Crippen molar-refractivity contribution in [3.05, 3.63) is 473 Å². The lowest BCUT2D eigenvalue weighted by Crippen LogP contribution is -2.03. The van der Waals surface area contributed by atoms with E-state index in [0.717, 1.165) is 200 Å². The highest BCUT2D eigenvalue weighted by Gasteiger charge is 2.32. The Labute approximate surface area is 781 Å². The molecule has 0 unspecified atom stereocenters. The molecule has 630 valence electrons. The molecule has 1 aliphatic carbocycles. The van der Waals surface area contributed by atoms with Crippen LogP contribution >= 0.6 is 0 Å². The van der Waals surface area contributed by atoms with Crippen LogP contribution in [0.25, 0.3) is 276 Å². The molecule has 0 spiro atoms. The van der Waals surface area contributed by atoms with Crippen LogP contribution in [-0.2, 0) is 0 Å². The molecule has 0 saturated carbocycles. The number of fused-ring (bicyclic) bond motifs is 21. The van der Waals surface area contributed by atoms with Crippen LogP contribution in [0.1, 0.15) is 0 Å². The lowest BCUT2D eigenvalue weighted by atomic mass is 9.93. The third-order valence-electron chi connectivity index (χ3n) is 28.9. The fraction of sp³-hybridized carbons (Fsp3) is 0. The molecular weight excluding hydrogens is 1650 g/mol. The molecule has 0 radical (unpaired) electrons. The van der Waals surface area contributed by atoms with Crippen LogP contribution in [0.2, 0.25) is 0 Å². The minimum atomic E-state index is 0.612. The Morgan fingerprint density at radius 1 is 0.140 bits per heavy atom. The normalized spacial score (nSPS) is 12.1. The molecule has 136 heavy (non-hydrogen) atoms. The monoisotopic (exact) mass is 1730 g/mol. The number of aromatic nitrogens is 8. The molecule has 0 N–H and O–H groups in total. The standard InChI is InChI=1S/C128H78N8/c1-6-28-79(29-7-1)96-40-16-17-45-101(96)126-125-102-46-26-30-80-31-27-47-103(124(80)102)127(125)130-128(129-126)89-68-94(135-120-64-56-85(81-52-60-116-104(70-81)97-41-18-22-48-112(97)131(116)90-32-8-2-9-33-90)74-108(120)109-75-86(57-65-121(109)135)82-53-61-117-105(71-82)98-42-19-23-49-113(98)132(117)91-34-10-3-11-35-91)78-95(69-89)136-122-66-58-87(83-54-62-118-106(72-83)99-43-20-24-50-114(99)133(118)92-36-12-4-13-37-92)76-110(122)111-77-88(59-67-123(111)136)84-55-63-119-107(73-84)100-44-21-25-51-115(100)134(119)93-38-14-5-15-39-93/h1-78H. The second-order valence-corrected chi connectivity index (χ2v) is 36.3. The summed E-state index contributed by atoms with van der Waals surface area (Å²) in [4.78, 5) is 12.1. The highest BCUT2D eigenvalue weighted by molar-refractivity contribution is 6.21. The number of hydrogen-bond donors (Lipinski definition) is 0. The molecule has 21 aromatic carbocycles. The van der Waals surface area contributed by atoms with Crippen LogP contribution < -0.4 is 0 Å². The zero-order valence-corrected chi connectivity index (χ0v) is 73.6. The van der Waals surface area contributed by atoms with Gasteiger partial charge in [-0.2, -0.15) is 0 Å². The largest absolute Gasteiger partial charge is 0.309 e. The zero-order valence-electron chi connectivity index (χ0n) is 73.6. The van der Waals surface area contributed by atoms with Gasteiger partial charge < -0.3 is 27.4 Å². The first-order valence-electron chi connectivity index (χ1n) is 46.7. The van der Waals surface area contributed by atoms with Crippen molar-refractivity contribution in [3.8, 4) is 135 Å². The summed E-state index contributed by atoms with van der Waals surface area (Å²) >= 11 is 0. The molecule has 0 bridgehead atoms. The van der Waals surface area contributed by atoms with Gasteiger partial charge in [-0.3, -0.25) is 0 Å². The van der Waals surface area contributed by atoms with Gasteiger partial charge in [-0.05, 0) is 260 Å². The molecule has 8 nitrogen and oxygen atoms in total. The van der Waals surface area contributed by atoms with Crippen molar-refractivity contribution in [3.63, 3.8) is 0 Å². The van der Waals surface area contributed by atoms with Crippen molar-refractivity contribution in [2.45, 2.75) is 0 Å². The fourth-order valence-corrected chi connectivity index (χ4v) is 22.9. The second kappa shape index (κ2) is 29.6. The summed E-state index contributed by atoms with van der Waals surface area (Å²) < 4.78 is 14.7. The van der Waals surface area contributed by atoms with Gasteiger partial charge in [-0.25, -0.2) is 9.97 Å². The molecule has 0 aliphatic heterocycles. The summed E-state index contributed by atoms with van der Waals surface area (Å²) in [6.07, 6.45) is 0. The van der Waals surface area contributed by atoms with Gasteiger partial charge in [0.15, 0.2) is 5.82 Å². The van der Waals surface area contributed by atoms with E-state index in [1.165, 1.54) is 70.5 Å². The van der Waals surface area contributed by atoms with Gasteiger partial charge >= 0.3 is 0 Å². The first kappa shape index (κ1) is 75.6. The molecule has 8 heteroatoms. The molecule has 0 atom stereocenters. The number of para-hydroxylation sites is 8. The Hall–Kier alpha value is -18.2. The fourth-order valence-electron chi connectivity index (χ4n) is 22.9. The second-order valence-electron chi connectivity index (χ2n) is 36.3. The van der Waals surface area contributed by atoms with Crippen molar-refractivity contribution >= 4 is 142 Å². The molecule has 0 amide bonds. The van der Waals surface area contributed by atoms with E-state index in [4.69, 9.17) is 9.97 Å². The third kappa shape index (κ3) is 11.5. The van der Waals surface area contributed by atoms with Gasteiger partial charge in [-0.15, -0.1) is 0 Å². The highest BCUT2D eigenvalue weighted by atomic mass is 15.0. The minimum absolute atomic E-state index is 0.612. The SMILES string of the molecule is c1ccc(-c2ccccc2-c2nc(-c3cc(-n4c5ccc(-c6ccc7c(c6)c6ccccc6n7-c6ccccc6)cc5c5cc(-c6ccc7c(c6)c6ccccc6n7-c6ccccc6)ccc54)cc(-n4c5ccc(-c6ccc7c(c6)c6ccccc6n7-c6ccccc6)cc5c5cc(-c6ccc7c(c6)c6ccccc6n7-c6ccccc6)ccc54)c3)nc3c2-c2cccc4cccc-3c24)cc1. The van der Waals surface area contributed by atoms with E-state index in [0.29, 0.717) is 5.82 Å². The molecule has 0 fully saturated rings. The average molecular weight is 1730 g/mol. The molecule has 7 aromatic heterocycles. The zero-order chi connectivity index (χ0) is 88.9. The first-order chi connectivity index (χ1) is 67.4. The quantitative estimate of drug-likeness (QED) is 0.116. The van der Waals surface area contributed by atoms with Gasteiger partial charge in [0.1, 0.15) is 0 Å².